The maximum Gasteiger partial charge on any atom is 0.276 e. The van der Waals surface area contributed by atoms with Crippen molar-refractivity contribution < 1.29 is 17.6 Å². The largest absolute Gasteiger partial charge is 0.447 e. The van der Waals surface area contributed by atoms with Gasteiger partial charge in [-0.3, -0.25) is 0 Å². The topological polar surface area (TPSA) is 71.8 Å². The minimum absolute atomic E-state index is 0.0112. The fraction of sp³-hybridized carbons (Fsp3) is 0.714. The second kappa shape index (κ2) is 6.91. The molecule has 0 aromatic carbocycles. The highest BCUT2D eigenvalue weighted by molar-refractivity contribution is 7.89. The average Bonchev–Trinajstić information content (AvgIpc) is 2.95. The van der Waals surface area contributed by atoms with Crippen LogP contribution in [0.4, 0.5) is 0 Å². The SMILES string of the molecule is CC(C)NCc1ccc(S(=O)(=O)N(C)C2CCOCC2)o1. The Balaban J connectivity index is 2.07. The molecule has 1 aromatic rings. The van der Waals surface area contributed by atoms with Gasteiger partial charge in [0.1, 0.15) is 5.76 Å². The van der Waals surface area contributed by atoms with E-state index in [0.717, 1.165) is 12.8 Å². The van der Waals surface area contributed by atoms with E-state index in [1.54, 1.807) is 13.1 Å². The van der Waals surface area contributed by atoms with E-state index < -0.39 is 10.0 Å². The van der Waals surface area contributed by atoms with Gasteiger partial charge in [0.05, 0.1) is 6.54 Å². The number of furan rings is 1. The first-order valence-corrected chi connectivity index (χ1v) is 8.73. The Morgan fingerprint density at radius 3 is 2.62 bits per heavy atom. The zero-order chi connectivity index (χ0) is 15.5. The summed E-state index contributed by atoms with van der Waals surface area (Å²) in [5.41, 5.74) is 0. The predicted molar refractivity (Wildman–Crippen MR) is 79.5 cm³/mol. The number of hydrogen-bond donors (Lipinski definition) is 1. The maximum atomic E-state index is 12.6. The first-order chi connectivity index (χ1) is 9.91. The molecule has 1 aliphatic heterocycles. The molecular formula is C14H24N2O4S. The quantitative estimate of drug-likeness (QED) is 0.862. The first kappa shape index (κ1) is 16.5. The molecule has 0 bridgehead atoms. The number of rotatable bonds is 6. The molecule has 21 heavy (non-hydrogen) atoms. The van der Waals surface area contributed by atoms with Gasteiger partial charge in [0.25, 0.3) is 10.0 Å². The van der Waals surface area contributed by atoms with Crippen molar-refractivity contribution in [3.8, 4) is 0 Å². The van der Waals surface area contributed by atoms with E-state index in [1.165, 1.54) is 10.4 Å². The number of hydrogen-bond acceptors (Lipinski definition) is 5. The van der Waals surface area contributed by atoms with Gasteiger partial charge in [-0.25, -0.2) is 8.42 Å². The van der Waals surface area contributed by atoms with Crippen LogP contribution >= 0.6 is 0 Å². The van der Waals surface area contributed by atoms with Gasteiger partial charge >= 0.3 is 0 Å². The molecule has 120 valence electrons. The molecule has 1 aromatic heterocycles. The van der Waals surface area contributed by atoms with Crippen LogP contribution < -0.4 is 5.32 Å². The first-order valence-electron chi connectivity index (χ1n) is 7.29. The van der Waals surface area contributed by atoms with Gasteiger partial charge in [0.2, 0.25) is 5.09 Å². The summed E-state index contributed by atoms with van der Waals surface area (Å²) >= 11 is 0. The van der Waals surface area contributed by atoms with E-state index >= 15 is 0 Å². The molecule has 0 amide bonds. The van der Waals surface area contributed by atoms with Crippen molar-refractivity contribution in [1.29, 1.82) is 0 Å². The molecule has 0 spiro atoms. The molecule has 0 saturated carbocycles. The average molecular weight is 316 g/mol. The van der Waals surface area contributed by atoms with Crippen molar-refractivity contribution in [3.05, 3.63) is 17.9 Å². The van der Waals surface area contributed by atoms with E-state index in [9.17, 15) is 8.42 Å². The van der Waals surface area contributed by atoms with Crippen LogP contribution in [0.1, 0.15) is 32.4 Å². The second-order valence-electron chi connectivity index (χ2n) is 5.62. The van der Waals surface area contributed by atoms with Crippen LogP contribution in [0.25, 0.3) is 0 Å². The third-order valence-corrected chi connectivity index (χ3v) is 5.44. The third-order valence-electron chi connectivity index (χ3n) is 3.66. The van der Waals surface area contributed by atoms with Crippen LogP contribution in [0.2, 0.25) is 0 Å². The number of ether oxygens (including phenoxy) is 1. The molecule has 1 saturated heterocycles. The molecule has 1 fully saturated rings. The monoisotopic (exact) mass is 316 g/mol. The lowest BCUT2D eigenvalue weighted by Gasteiger charge is -2.29. The summed E-state index contributed by atoms with van der Waals surface area (Å²) in [6, 6.07) is 3.54. The van der Waals surface area contributed by atoms with Crippen LogP contribution in [0, 0.1) is 0 Å². The van der Waals surface area contributed by atoms with E-state index in [-0.39, 0.29) is 11.1 Å². The fourth-order valence-corrected chi connectivity index (χ4v) is 3.62. The fourth-order valence-electron chi connectivity index (χ4n) is 2.28. The van der Waals surface area contributed by atoms with Crippen LogP contribution in [-0.2, 0) is 21.3 Å². The van der Waals surface area contributed by atoms with Crippen molar-refractivity contribution in [2.24, 2.45) is 0 Å². The second-order valence-corrected chi connectivity index (χ2v) is 7.55. The minimum Gasteiger partial charge on any atom is -0.447 e. The van der Waals surface area contributed by atoms with Crippen LogP contribution in [0.15, 0.2) is 21.6 Å². The number of sulfonamides is 1. The molecule has 2 rings (SSSR count). The van der Waals surface area contributed by atoms with Gasteiger partial charge in [-0.05, 0) is 25.0 Å². The van der Waals surface area contributed by atoms with E-state index in [1.807, 2.05) is 13.8 Å². The summed E-state index contributed by atoms with van der Waals surface area (Å²) in [7, 11) is -1.96. The zero-order valence-corrected chi connectivity index (χ0v) is 13.6. The highest BCUT2D eigenvalue weighted by Gasteiger charge is 2.31. The molecule has 0 unspecified atom stereocenters. The Hall–Kier alpha value is -0.890. The summed E-state index contributed by atoms with van der Waals surface area (Å²) in [6.07, 6.45) is 1.44. The van der Waals surface area contributed by atoms with Crippen LogP contribution in [0.3, 0.4) is 0 Å². The molecular weight excluding hydrogens is 292 g/mol. The Labute approximate surface area is 126 Å². The lowest BCUT2D eigenvalue weighted by Crippen LogP contribution is -2.40. The molecule has 2 heterocycles. The highest BCUT2D eigenvalue weighted by Crippen LogP contribution is 2.23. The number of nitrogens with zero attached hydrogens (tertiary/aromatic N) is 1. The van der Waals surface area contributed by atoms with Gasteiger partial charge in [-0.1, -0.05) is 13.8 Å². The van der Waals surface area contributed by atoms with Crippen LogP contribution in [0.5, 0.6) is 0 Å². The molecule has 0 aliphatic carbocycles. The van der Waals surface area contributed by atoms with Crippen molar-refractivity contribution >= 4 is 10.0 Å². The highest BCUT2D eigenvalue weighted by atomic mass is 32.2. The summed E-state index contributed by atoms with van der Waals surface area (Å²) < 4.78 is 37.3. The summed E-state index contributed by atoms with van der Waals surface area (Å²) in [5, 5.41) is 3.21. The molecule has 0 atom stereocenters. The smallest absolute Gasteiger partial charge is 0.276 e. The standard InChI is InChI=1S/C14H24N2O4S/c1-11(2)15-10-13-4-5-14(20-13)21(17,18)16(3)12-6-8-19-9-7-12/h4-5,11-12,15H,6-10H2,1-3H3. The lowest BCUT2D eigenvalue weighted by molar-refractivity contribution is 0.0628. The Morgan fingerprint density at radius 1 is 1.33 bits per heavy atom. The Kier molecular flexibility index (Phi) is 5.43. The summed E-state index contributed by atoms with van der Waals surface area (Å²) in [6.45, 7) is 5.78. The molecule has 1 N–H and O–H groups in total. The van der Waals surface area contributed by atoms with Gasteiger partial charge < -0.3 is 14.5 Å². The van der Waals surface area contributed by atoms with Crippen molar-refractivity contribution in [3.63, 3.8) is 0 Å². The predicted octanol–water partition coefficient (Wildman–Crippen LogP) is 1.58. The molecule has 7 heteroatoms. The van der Waals surface area contributed by atoms with Gasteiger partial charge in [0, 0.05) is 32.3 Å². The molecule has 6 nitrogen and oxygen atoms in total. The van der Waals surface area contributed by atoms with E-state index in [0.29, 0.717) is 31.6 Å². The van der Waals surface area contributed by atoms with Gasteiger partial charge in [-0.15, -0.1) is 0 Å². The van der Waals surface area contributed by atoms with Crippen LogP contribution in [-0.4, -0.2) is 45.1 Å². The Bertz CT molecular complexity index is 547. The number of nitrogens with one attached hydrogen (secondary N) is 1. The lowest BCUT2D eigenvalue weighted by atomic mass is 10.1. The third kappa shape index (κ3) is 4.06. The Morgan fingerprint density at radius 2 is 2.00 bits per heavy atom. The van der Waals surface area contributed by atoms with Crippen molar-refractivity contribution in [2.75, 3.05) is 20.3 Å². The summed E-state index contributed by atoms with van der Waals surface area (Å²) in [5.74, 6) is 0.627. The van der Waals surface area contributed by atoms with E-state index in [2.05, 4.69) is 5.32 Å². The summed E-state index contributed by atoms with van der Waals surface area (Å²) in [4.78, 5) is 0. The van der Waals surface area contributed by atoms with E-state index in [4.69, 9.17) is 9.15 Å². The van der Waals surface area contributed by atoms with Gasteiger partial charge in [-0.2, -0.15) is 4.31 Å². The molecule has 0 radical (unpaired) electrons. The maximum absolute atomic E-state index is 12.6. The van der Waals surface area contributed by atoms with Crippen molar-refractivity contribution in [1.82, 2.24) is 9.62 Å². The minimum atomic E-state index is -3.57. The van der Waals surface area contributed by atoms with Crippen molar-refractivity contribution in [2.45, 2.75) is 50.4 Å². The zero-order valence-electron chi connectivity index (χ0n) is 12.8. The normalized spacial score (nSPS) is 17.8. The molecule has 1 aliphatic rings. The van der Waals surface area contributed by atoms with Gasteiger partial charge in [0.15, 0.2) is 0 Å².